The zero-order chi connectivity index (χ0) is 17.8. The lowest BCUT2D eigenvalue weighted by Gasteiger charge is -2.25. The van der Waals surface area contributed by atoms with E-state index in [1.54, 1.807) is 13.2 Å². The summed E-state index contributed by atoms with van der Waals surface area (Å²) in [6.45, 7) is 4.77. The number of amides is 1. The summed E-state index contributed by atoms with van der Waals surface area (Å²) in [6, 6.07) is 12.1. The van der Waals surface area contributed by atoms with Gasteiger partial charge in [0.2, 0.25) is 0 Å². The smallest absolute Gasteiger partial charge is 0.271 e. The summed E-state index contributed by atoms with van der Waals surface area (Å²) >= 11 is 0. The van der Waals surface area contributed by atoms with Crippen molar-refractivity contribution >= 4 is 11.7 Å². The largest absolute Gasteiger partial charge is 0.497 e. The van der Waals surface area contributed by atoms with Crippen LogP contribution in [0.5, 0.6) is 5.75 Å². The minimum Gasteiger partial charge on any atom is -0.497 e. The molecule has 1 atom stereocenters. The van der Waals surface area contributed by atoms with Crippen molar-refractivity contribution in [3.05, 3.63) is 47.7 Å². The lowest BCUT2D eigenvalue weighted by molar-refractivity contribution is 0.0937. The van der Waals surface area contributed by atoms with Crippen molar-refractivity contribution in [2.75, 3.05) is 18.6 Å². The number of benzene rings is 1. The minimum atomic E-state index is -0.192. The van der Waals surface area contributed by atoms with Crippen molar-refractivity contribution in [1.82, 2.24) is 15.5 Å². The highest BCUT2D eigenvalue weighted by molar-refractivity contribution is 5.92. The molecule has 6 nitrogen and oxygen atoms in total. The van der Waals surface area contributed by atoms with Crippen LogP contribution in [0.1, 0.15) is 48.8 Å². The van der Waals surface area contributed by atoms with E-state index in [1.807, 2.05) is 32.0 Å². The molecule has 3 rings (SSSR count). The van der Waals surface area contributed by atoms with E-state index in [4.69, 9.17) is 4.74 Å². The Bertz CT molecular complexity index is 713. The van der Waals surface area contributed by atoms with E-state index >= 15 is 0 Å². The maximum Gasteiger partial charge on any atom is 0.271 e. The Morgan fingerprint density at radius 1 is 1.20 bits per heavy atom. The molecule has 1 aliphatic heterocycles. The van der Waals surface area contributed by atoms with Gasteiger partial charge in [0.15, 0.2) is 11.5 Å². The second kappa shape index (κ2) is 7.51. The lowest BCUT2D eigenvalue weighted by Crippen LogP contribution is -2.31. The number of methoxy groups -OCH3 is 1. The van der Waals surface area contributed by atoms with Gasteiger partial charge in [-0.15, -0.1) is 10.2 Å². The quantitative estimate of drug-likeness (QED) is 0.906. The average Bonchev–Trinajstić information content (AvgIpc) is 3.11. The summed E-state index contributed by atoms with van der Waals surface area (Å²) < 4.78 is 5.23. The molecule has 2 aromatic rings. The molecule has 0 aliphatic carbocycles. The van der Waals surface area contributed by atoms with E-state index in [-0.39, 0.29) is 18.0 Å². The lowest BCUT2D eigenvalue weighted by atomic mass is 10.0. The maximum atomic E-state index is 12.0. The van der Waals surface area contributed by atoms with Gasteiger partial charge in [0.1, 0.15) is 5.75 Å². The monoisotopic (exact) mass is 340 g/mol. The molecule has 1 N–H and O–H groups in total. The van der Waals surface area contributed by atoms with Gasteiger partial charge in [-0.25, -0.2) is 0 Å². The fraction of sp³-hybridized carbons (Fsp3) is 0.421. The molecule has 1 aromatic heterocycles. The van der Waals surface area contributed by atoms with Crippen molar-refractivity contribution in [2.45, 2.75) is 38.8 Å². The zero-order valence-corrected chi connectivity index (χ0v) is 14.9. The summed E-state index contributed by atoms with van der Waals surface area (Å²) in [5.41, 5.74) is 1.58. The van der Waals surface area contributed by atoms with E-state index in [0.29, 0.717) is 5.69 Å². The van der Waals surface area contributed by atoms with Crippen LogP contribution in [0.25, 0.3) is 0 Å². The summed E-state index contributed by atoms with van der Waals surface area (Å²) in [6.07, 6.45) is 2.18. The number of carbonyl (C=O) groups is 1. The van der Waals surface area contributed by atoms with Gasteiger partial charge in [0.25, 0.3) is 5.91 Å². The van der Waals surface area contributed by atoms with Crippen molar-refractivity contribution in [1.29, 1.82) is 0 Å². The molecule has 0 saturated carbocycles. The number of anilines is 1. The van der Waals surface area contributed by atoms with Gasteiger partial charge in [0, 0.05) is 12.6 Å². The predicted octanol–water partition coefficient (Wildman–Crippen LogP) is 2.96. The van der Waals surface area contributed by atoms with Crippen LogP contribution in [-0.2, 0) is 0 Å². The van der Waals surface area contributed by atoms with Crippen LogP contribution in [0.15, 0.2) is 36.4 Å². The molecule has 1 aliphatic rings. The fourth-order valence-electron chi connectivity index (χ4n) is 3.15. The number of hydrogen-bond donors (Lipinski definition) is 1. The number of hydrogen-bond acceptors (Lipinski definition) is 5. The molecule has 1 amide bonds. The van der Waals surface area contributed by atoms with Gasteiger partial charge in [0.05, 0.1) is 13.2 Å². The van der Waals surface area contributed by atoms with Gasteiger partial charge >= 0.3 is 0 Å². The topological polar surface area (TPSA) is 67.3 Å². The first-order valence-corrected chi connectivity index (χ1v) is 8.63. The molecule has 1 fully saturated rings. The normalized spacial score (nSPS) is 17.0. The zero-order valence-electron chi connectivity index (χ0n) is 14.9. The number of rotatable bonds is 5. The third-order valence-corrected chi connectivity index (χ3v) is 4.35. The van der Waals surface area contributed by atoms with Gasteiger partial charge in [-0.1, -0.05) is 12.1 Å². The molecule has 0 unspecified atom stereocenters. The number of aromatic nitrogens is 2. The molecule has 2 heterocycles. The SMILES string of the molecule is COc1ccc([C@H]2CCCN2c2ccc(C(=O)NC(C)C)nn2)cc1. The summed E-state index contributed by atoms with van der Waals surface area (Å²) in [5.74, 6) is 1.47. The van der Waals surface area contributed by atoms with E-state index in [0.717, 1.165) is 31.0 Å². The minimum absolute atomic E-state index is 0.0759. The predicted molar refractivity (Wildman–Crippen MR) is 96.9 cm³/mol. The molecular weight excluding hydrogens is 316 g/mol. The van der Waals surface area contributed by atoms with Crippen LogP contribution in [-0.4, -0.2) is 35.8 Å². The van der Waals surface area contributed by atoms with Crippen LogP contribution in [0.4, 0.5) is 5.82 Å². The Balaban J connectivity index is 1.76. The fourth-order valence-corrected chi connectivity index (χ4v) is 3.15. The number of nitrogens with one attached hydrogen (secondary N) is 1. The van der Waals surface area contributed by atoms with Gasteiger partial charge < -0.3 is 15.0 Å². The van der Waals surface area contributed by atoms with Gasteiger partial charge in [-0.2, -0.15) is 0 Å². The number of nitrogens with zero attached hydrogens (tertiary/aromatic N) is 3. The molecule has 132 valence electrons. The van der Waals surface area contributed by atoms with Crippen LogP contribution in [0, 0.1) is 0 Å². The first-order valence-electron chi connectivity index (χ1n) is 8.63. The second-order valence-electron chi connectivity index (χ2n) is 6.53. The Kier molecular flexibility index (Phi) is 5.16. The molecule has 0 bridgehead atoms. The number of ether oxygens (including phenoxy) is 1. The van der Waals surface area contributed by atoms with Crippen molar-refractivity contribution in [2.24, 2.45) is 0 Å². The highest BCUT2D eigenvalue weighted by Crippen LogP contribution is 2.35. The molecule has 0 spiro atoms. The van der Waals surface area contributed by atoms with E-state index in [9.17, 15) is 4.79 Å². The third-order valence-electron chi connectivity index (χ3n) is 4.35. The molecule has 0 radical (unpaired) electrons. The summed E-state index contributed by atoms with van der Waals surface area (Å²) in [4.78, 5) is 14.2. The maximum absolute atomic E-state index is 12.0. The van der Waals surface area contributed by atoms with Crippen molar-refractivity contribution in [3.8, 4) is 5.75 Å². The second-order valence-corrected chi connectivity index (χ2v) is 6.53. The van der Waals surface area contributed by atoms with Crippen molar-refractivity contribution in [3.63, 3.8) is 0 Å². The first-order chi connectivity index (χ1) is 12.1. The average molecular weight is 340 g/mol. The van der Waals surface area contributed by atoms with E-state index < -0.39 is 0 Å². The van der Waals surface area contributed by atoms with Crippen LogP contribution < -0.4 is 15.0 Å². The highest BCUT2D eigenvalue weighted by atomic mass is 16.5. The van der Waals surface area contributed by atoms with E-state index in [1.165, 1.54) is 5.56 Å². The Labute approximate surface area is 148 Å². The molecular formula is C19H24N4O2. The molecule has 6 heteroatoms. The van der Waals surface area contributed by atoms with Gasteiger partial charge in [-0.3, -0.25) is 4.79 Å². The summed E-state index contributed by atoms with van der Waals surface area (Å²) in [7, 11) is 1.67. The van der Waals surface area contributed by atoms with Crippen molar-refractivity contribution < 1.29 is 9.53 Å². The van der Waals surface area contributed by atoms with Crippen LogP contribution in [0.3, 0.4) is 0 Å². The Morgan fingerprint density at radius 3 is 2.56 bits per heavy atom. The Morgan fingerprint density at radius 2 is 1.96 bits per heavy atom. The standard InChI is InChI=1S/C19H24N4O2/c1-13(2)20-19(24)16-10-11-18(22-21-16)23-12-4-5-17(23)14-6-8-15(25-3)9-7-14/h6-11,13,17H,4-5,12H2,1-3H3,(H,20,24)/t17-/m1/s1. The van der Waals surface area contributed by atoms with Crippen LogP contribution in [0.2, 0.25) is 0 Å². The molecule has 25 heavy (non-hydrogen) atoms. The third kappa shape index (κ3) is 3.90. The molecule has 1 aromatic carbocycles. The first kappa shape index (κ1) is 17.2. The summed E-state index contributed by atoms with van der Waals surface area (Å²) in [5, 5.41) is 11.2. The molecule has 1 saturated heterocycles. The van der Waals surface area contributed by atoms with Crippen LogP contribution >= 0.6 is 0 Å². The van der Waals surface area contributed by atoms with Gasteiger partial charge in [-0.05, 0) is 56.5 Å². The Hall–Kier alpha value is -2.63. The van der Waals surface area contributed by atoms with E-state index in [2.05, 4.69) is 32.5 Å². The number of carbonyl (C=O) groups excluding carboxylic acids is 1. The highest BCUT2D eigenvalue weighted by Gasteiger charge is 2.27.